The van der Waals surface area contributed by atoms with Gasteiger partial charge in [0.2, 0.25) is 0 Å². The van der Waals surface area contributed by atoms with Gasteiger partial charge in [-0.05, 0) is 31.2 Å². The van der Waals surface area contributed by atoms with E-state index in [9.17, 15) is 0 Å². The lowest BCUT2D eigenvalue weighted by Gasteiger charge is -2.06. The second-order valence-corrected chi connectivity index (χ2v) is 4.43. The molecule has 0 spiro atoms. The molecule has 0 radical (unpaired) electrons. The third-order valence-corrected chi connectivity index (χ3v) is 3.12. The van der Waals surface area contributed by atoms with E-state index < -0.39 is 0 Å². The number of aryl methyl sites for hydroxylation is 1. The number of anilines is 1. The van der Waals surface area contributed by atoms with E-state index in [0.717, 1.165) is 22.7 Å². The van der Waals surface area contributed by atoms with Gasteiger partial charge >= 0.3 is 0 Å². The first-order valence-corrected chi connectivity index (χ1v) is 6.28. The molecule has 0 amide bonds. The summed E-state index contributed by atoms with van der Waals surface area (Å²) in [5.74, 6) is 1.18. The molecule has 21 heavy (non-hydrogen) atoms. The third kappa shape index (κ3) is 4.62. The first-order valence-electron chi connectivity index (χ1n) is 6.28. The molecule has 114 valence electrons. The molecular weight excluding hydrogens is 381 g/mol. The molecule has 0 aliphatic rings. The molecule has 7 heteroatoms. The van der Waals surface area contributed by atoms with Crippen molar-refractivity contribution >= 4 is 35.6 Å². The van der Waals surface area contributed by atoms with E-state index in [0.29, 0.717) is 12.5 Å². The maximum Gasteiger partial charge on any atom is 0.193 e. The number of nitrogens with zero attached hydrogens (tertiary/aromatic N) is 3. The van der Waals surface area contributed by atoms with E-state index in [1.54, 1.807) is 13.3 Å². The largest absolute Gasteiger partial charge is 0.497 e. The first kappa shape index (κ1) is 17.3. The molecule has 1 aromatic carbocycles. The van der Waals surface area contributed by atoms with Crippen LogP contribution in [0.1, 0.15) is 11.3 Å². The number of aliphatic imine (C=N–C) groups is 1. The zero-order chi connectivity index (χ0) is 14.5. The minimum Gasteiger partial charge on any atom is -0.497 e. The Morgan fingerprint density at radius 3 is 2.57 bits per heavy atom. The predicted molar refractivity (Wildman–Crippen MR) is 95.3 cm³/mol. The number of rotatable bonds is 4. The molecule has 2 aromatic rings. The second-order valence-electron chi connectivity index (χ2n) is 4.43. The van der Waals surface area contributed by atoms with Crippen LogP contribution in [0.25, 0.3) is 0 Å². The highest BCUT2D eigenvalue weighted by Crippen LogP contribution is 2.14. The lowest BCUT2D eigenvalue weighted by molar-refractivity contribution is 0.415. The maximum absolute atomic E-state index is 5.86. The van der Waals surface area contributed by atoms with Gasteiger partial charge in [-0.15, -0.1) is 24.0 Å². The van der Waals surface area contributed by atoms with Crippen molar-refractivity contribution in [1.29, 1.82) is 0 Å². The number of hydrogen-bond donors (Lipinski definition) is 2. The monoisotopic (exact) mass is 401 g/mol. The van der Waals surface area contributed by atoms with Crippen molar-refractivity contribution in [2.75, 3.05) is 12.4 Å². The molecule has 0 aliphatic heterocycles. The summed E-state index contributed by atoms with van der Waals surface area (Å²) in [5.41, 5.74) is 8.88. The number of guanidine groups is 1. The van der Waals surface area contributed by atoms with Gasteiger partial charge in [-0.2, -0.15) is 5.10 Å². The van der Waals surface area contributed by atoms with Crippen molar-refractivity contribution in [1.82, 2.24) is 9.78 Å². The lowest BCUT2D eigenvalue weighted by Crippen LogP contribution is -2.22. The molecule has 0 atom stereocenters. The van der Waals surface area contributed by atoms with Crippen LogP contribution in [0.5, 0.6) is 5.75 Å². The number of benzene rings is 1. The Kier molecular flexibility index (Phi) is 6.47. The van der Waals surface area contributed by atoms with Gasteiger partial charge < -0.3 is 15.8 Å². The topological polar surface area (TPSA) is 77.5 Å². The average Bonchev–Trinajstić information content (AvgIpc) is 2.77. The molecule has 0 aliphatic carbocycles. The van der Waals surface area contributed by atoms with Gasteiger partial charge in [0.25, 0.3) is 0 Å². The highest BCUT2D eigenvalue weighted by molar-refractivity contribution is 14.0. The van der Waals surface area contributed by atoms with Crippen LogP contribution >= 0.6 is 24.0 Å². The number of nitrogens with two attached hydrogens (primary N) is 1. The summed E-state index contributed by atoms with van der Waals surface area (Å²) in [4.78, 5) is 4.31. The fourth-order valence-electron chi connectivity index (χ4n) is 1.73. The molecule has 2 rings (SSSR count). The highest BCUT2D eigenvalue weighted by atomic mass is 127. The Morgan fingerprint density at radius 2 is 2.05 bits per heavy atom. The zero-order valence-corrected chi connectivity index (χ0v) is 14.7. The van der Waals surface area contributed by atoms with Crippen LogP contribution in [0, 0.1) is 6.92 Å². The van der Waals surface area contributed by atoms with Crippen LogP contribution in [0.4, 0.5) is 5.69 Å². The van der Waals surface area contributed by atoms with E-state index in [2.05, 4.69) is 15.4 Å². The van der Waals surface area contributed by atoms with E-state index >= 15 is 0 Å². The Balaban J connectivity index is 0.00000220. The zero-order valence-electron chi connectivity index (χ0n) is 12.3. The minimum atomic E-state index is 0. The summed E-state index contributed by atoms with van der Waals surface area (Å²) in [6.45, 7) is 2.51. The Bertz CT molecular complexity index is 606. The molecule has 0 bridgehead atoms. The minimum absolute atomic E-state index is 0. The first-order chi connectivity index (χ1) is 9.60. The van der Waals surface area contributed by atoms with Gasteiger partial charge in [0.05, 0.1) is 19.9 Å². The lowest BCUT2D eigenvalue weighted by atomic mass is 10.3. The maximum atomic E-state index is 5.86. The molecule has 1 heterocycles. The SMILES string of the molecule is COc1ccc(NC(N)=NCc2cnn(C)c2C)cc1.I. The number of hydrogen-bond acceptors (Lipinski definition) is 3. The normalized spacial score (nSPS) is 10.9. The molecule has 3 N–H and O–H groups in total. The number of methoxy groups -OCH3 is 1. The van der Waals surface area contributed by atoms with E-state index in [1.807, 2.05) is 42.9 Å². The van der Waals surface area contributed by atoms with Crippen molar-refractivity contribution in [3.8, 4) is 5.75 Å². The Hall–Kier alpha value is -1.77. The van der Waals surface area contributed by atoms with Crippen molar-refractivity contribution < 1.29 is 4.74 Å². The average molecular weight is 401 g/mol. The molecule has 0 fully saturated rings. The van der Waals surface area contributed by atoms with E-state index in [4.69, 9.17) is 10.5 Å². The van der Waals surface area contributed by atoms with Crippen LogP contribution in [0.15, 0.2) is 35.5 Å². The van der Waals surface area contributed by atoms with Crippen LogP contribution < -0.4 is 15.8 Å². The fraction of sp³-hybridized carbons (Fsp3) is 0.286. The van der Waals surface area contributed by atoms with Gasteiger partial charge in [-0.25, -0.2) is 4.99 Å². The summed E-state index contributed by atoms with van der Waals surface area (Å²) < 4.78 is 6.91. The predicted octanol–water partition coefficient (Wildman–Crippen LogP) is 2.28. The third-order valence-electron chi connectivity index (χ3n) is 3.12. The smallest absolute Gasteiger partial charge is 0.193 e. The Morgan fingerprint density at radius 1 is 1.38 bits per heavy atom. The van der Waals surface area contributed by atoms with Crippen LogP contribution in [-0.4, -0.2) is 22.8 Å². The van der Waals surface area contributed by atoms with Crippen LogP contribution in [-0.2, 0) is 13.6 Å². The van der Waals surface area contributed by atoms with Gasteiger partial charge in [-0.3, -0.25) is 4.68 Å². The van der Waals surface area contributed by atoms with Gasteiger partial charge in [0.1, 0.15) is 5.75 Å². The van der Waals surface area contributed by atoms with Gasteiger partial charge in [0.15, 0.2) is 5.96 Å². The number of halogens is 1. The van der Waals surface area contributed by atoms with Crippen molar-refractivity contribution in [3.05, 3.63) is 41.7 Å². The van der Waals surface area contributed by atoms with Gasteiger partial charge in [0, 0.05) is 24.0 Å². The summed E-state index contributed by atoms with van der Waals surface area (Å²) in [6.07, 6.45) is 1.81. The summed E-state index contributed by atoms with van der Waals surface area (Å²) in [6, 6.07) is 7.49. The van der Waals surface area contributed by atoms with Crippen molar-refractivity contribution in [3.63, 3.8) is 0 Å². The van der Waals surface area contributed by atoms with E-state index in [1.165, 1.54) is 0 Å². The summed E-state index contributed by atoms with van der Waals surface area (Å²) in [7, 11) is 3.54. The summed E-state index contributed by atoms with van der Waals surface area (Å²) in [5, 5.41) is 7.20. The van der Waals surface area contributed by atoms with Crippen molar-refractivity contribution in [2.24, 2.45) is 17.8 Å². The molecule has 0 unspecified atom stereocenters. The molecule has 6 nitrogen and oxygen atoms in total. The van der Waals surface area contributed by atoms with E-state index in [-0.39, 0.29) is 24.0 Å². The van der Waals surface area contributed by atoms with Crippen LogP contribution in [0.3, 0.4) is 0 Å². The molecular formula is C14H20IN5O. The van der Waals surface area contributed by atoms with Gasteiger partial charge in [-0.1, -0.05) is 0 Å². The Labute approximate surface area is 141 Å². The molecule has 0 saturated heterocycles. The standard InChI is InChI=1S/C14H19N5O.HI/c1-10-11(9-17-19(10)2)8-16-14(15)18-12-4-6-13(20-3)7-5-12;/h4-7,9H,8H2,1-3H3,(H3,15,16,18);1H. The van der Waals surface area contributed by atoms with Crippen molar-refractivity contribution in [2.45, 2.75) is 13.5 Å². The number of aromatic nitrogens is 2. The summed E-state index contributed by atoms with van der Waals surface area (Å²) >= 11 is 0. The number of ether oxygens (including phenoxy) is 1. The van der Waals surface area contributed by atoms with Crippen LogP contribution in [0.2, 0.25) is 0 Å². The quantitative estimate of drug-likeness (QED) is 0.468. The molecule has 1 aromatic heterocycles. The highest BCUT2D eigenvalue weighted by Gasteiger charge is 2.03. The second kappa shape index (κ2) is 7.87. The fourth-order valence-corrected chi connectivity index (χ4v) is 1.73. The molecule has 0 saturated carbocycles. The number of nitrogens with one attached hydrogen (secondary N) is 1.